The molecule has 136 valence electrons. The van der Waals surface area contributed by atoms with Crippen molar-refractivity contribution in [3.8, 4) is 0 Å². The molecular weight excluding hydrogens is 407 g/mol. The zero-order valence-corrected chi connectivity index (χ0v) is 18.9. The molecule has 0 amide bonds. The topological polar surface area (TPSA) is 48.3 Å². The van der Waals surface area contributed by atoms with Gasteiger partial charge in [-0.1, -0.05) is 43.3 Å². The number of hydrogen-bond acceptors (Lipinski definition) is 3. The summed E-state index contributed by atoms with van der Waals surface area (Å²) in [5, 5.41) is 0.845. The molecule has 0 spiro atoms. The largest absolute Gasteiger partial charge is 0.591 e. The monoisotopic (exact) mass is 434 g/mol. The SMILES string of the molecule is CC[Si](CC)(CC)c1cc(Br)nc(C/C=N/[S@@+]([O-])C(C)(C)C)c1F. The van der Waals surface area contributed by atoms with Crippen LogP contribution >= 0.6 is 15.9 Å². The lowest BCUT2D eigenvalue weighted by molar-refractivity contribution is 0.561. The molecule has 1 aromatic rings. The van der Waals surface area contributed by atoms with Crippen molar-refractivity contribution in [2.45, 2.75) is 70.8 Å². The van der Waals surface area contributed by atoms with Crippen molar-refractivity contribution in [2.75, 3.05) is 0 Å². The molecule has 1 atom stereocenters. The second kappa shape index (κ2) is 8.92. The highest BCUT2D eigenvalue weighted by atomic mass is 79.9. The van der Waals surface area contributed by atoms with E-state index in [1.807, 2.05) is 26.8 Å². The summed E-state index contributed by atoms with van der Waals surface area (Å²) >= 11 is 2.09. The molecule has 0 aliphatic heterocycles. The Bertz CT molecular complexity index is 580. The van der Waals surface area contributed by atoms with Gasteiger partial charge in [-0.2, -0.15) is 0 Å². The maximum absolute atomic E-state index is 15.1. The first-order valence-corrected chi connectivity index (χ1v) is 12.9. The van der Waals surface area contributed by atoms with Crippen LogP contribution in [0.2, 0.25) is 18.1 Å². The van der Waals surface area contributed by atoms with E-state index in [9.17, 15) is 4.55 Å². The lowest BCUT2D eigenvalue weighted by atomic mass is 10.3. The molecule has 7 heteroatoms. The van der Waals surface area contributed by atoms with Crippen LogP contribution in [0.3, 0.4) is 0 Å². The number of hydrogen-bond donors (Lipinski definition) is 0. The average molecular weight is 435 g/mol. The summed E-state index contributed by atoms with van der Waals surface area (Å²) in [5.41, 5.74) is 0.376. The van der Waals surface area contributed by atoms with Crippen molar-refractivity contribution < 1.29 is 8.94 Å². The van der Waals surface area contributed by atoms with E-state index >= 15 is 4.39 Å². The number of rotatable bonds is 7. The standard InChI is InChI=1S/C17H28BrFN2OSSi/c1-7-24(8-2,9-3)14-12-15(18)21-13(16(14)19)10-11-20-23(22)17(4,5)6/h11-12H,7-10H2,1-6H3/b20-11+/t23-/m0/s1. The first-order chi connectivity index (χ1) is 11.1. The number of nitrogens with zero attached hydrogens (tertiary/aromatic N) is 2. The van der Waals surface area contributed by atoms with Crippen LogP contribution in [0.1, 0.15) is 47.2 Å². The van der Waals surface area contributed by atoms with Gasteiger partial charge in [0.05, 0.1) is 20.0 Å². The van der Waals surface area contributed by atoms with Crippen LogP contribution in [-0.4, -0.2) is 28.6 Å². The quantitative estimate of drug-likeness (QED) is 0.268. The van der Waals surface area contributed by atoms with E-state index in [-0.39, 0.29) is 12.2 Å². The van der Waals surface area contributed by atoms with E-state index in [1.54, 1.807) is 0 Å². The highest BCUT2D eigenvalue weighted by Crippen LogP contribution is 2.24. The van der Waals surface area contributed by atoms with E-state index in [0.717, 1.165) is 23.3 Å². The third kappa shape index (κ3) is 5.13. The molecule has 0 N–H and O–H groups in total. The molecule has 0 fully saturated rings. The van der Waals surface area contributed by atoms with E-state index in [4.69, 9.17) is 0 Å². The van der Waals surface area contributed by atoms with Crippen LogP contribution < -0.4 is 5.19 Å². The summed E-state index contributed by atoms with van der Waals surface area (Å²) in [4.78, 5) is 4.28. The molecule has 0 aliphatic carbocycles. The average Bonchev–Trinajstić information content (AvgIpc) is 2.52. The molecule has 1 heterocycles. The van der Waals surface area contributed by atoms with Crippen LogP contribution in [-0.2, 0) is 17.8 Å². The Hall–Kier alpha value is -0.243. The van der Waals surface area contributed by atoms with Gasteiger partial charge in [0.15, 0.2) is 0 Å². The second-order valence-electron chi connectivity index (χ2n) is 6.95. The minimum absolute atomic E-state index is 0.205. The molecule has 0 bridgehead atoms. The Morgan fingerprint density at radius 2 is 1.83 bits per heavy atom. The van der Waals surface area contributed by atoms with Gasteiger partial charge < -0.3 is 4.55 Å². The molecular formula is C17H28BrFN2OSSi. The lowest BCUT2D eigenvalue weighted by Crippen LogP contribution is -2.48. The Morgan fingerprint density at radius 1 is 1.29 bits per heavy atom. The second-order valence-corrected chi connectivity index (χ2v) is 14.9. The zero-order chi connectivity index (χ0) is 18.5. The third-order valence-electron chi connectivity index (χ3n) is 4.58. The third-order valence-corrected chi connectivity index (χ3v) is 11.9. The van der Waals surface area contributed by atoms with E-state index < -0.39 is 24.2 Å². The van der Waals surface area contributed by atoms with Gasteiger partial charge in [-0.25, -0.2) is 9.37 Å². The van der Waals surface area contributed by atoms with Crippen LogP contribution in [0.4, 0.5) is 4.39 Å². The van der Waals surface area contributed by atoms with Gasteiger partial charge in [0.1, 0.15) is 26.5 Å². The summed E-state index contributed by atoms with van der Waals surface area (Å²) in [7, 11) is -1.84. The molecule has 0 saturated heterocycles. The fraction of sp³-hybridized carbons (Fsp3) is 0.647. The summed E-state index contributed by atoms with van der Waals surface area (Å²) in [5.74, 6) is -0.205. The number of pyridine rings is 1. The van der Waals surface area contributed by atoms with Crippen molar-refractivity contribution in [1.29, 1.82) is 0 Å². The molecule has 1 rings (SSSR count). The summed E-state index contributed by atoms with van der Waals surface area (Å²) in [6.07, 6.45) is 1.78. The molecule has 24 heavy (non-hydrogen) atoms. The van der Waals surface area contributed by atoms with Crippen LogP contribution in [0.15, 0.2) is 15.1 Å². The highest BCUT2D eigenvalue weighted by Gasteiger charge is 2.33. The van der Waals surface area contributed by atoms with Gasteiger partial charge >= 0.3 is 0 Å². The molecule has 0 radical (unpaired) electrons. The van der Waals surface area contributed by atoms with Gasteiger partial charge in [-0.15, -0.1) is 0 Å². The van der Waals surface area contributed by atoms with E-state index in [1.165, 1.54) is 6.21 Å². The zero-order valence-electron chi connectivity index (χ0n) is 15.4. The maximum Gasteiger partial charge on any atom is 0.144 e. The molecule has 1 aromatic heterocycles. The molecule has 0 aromatic carbocycles. The van der Waals surface area contributed by atoms with Gasteiger partial charge in [-0.3, -0.25) is 0 Å². The minimum atomic E-state index is -1.84. The van der Waals surface area contributed by atoms with Crippen molar-refractivity contribution in [3.63, 3.8) is 0 Å². The summed E-state index contributed by atoms with van der Waals surface area (Å²) < 4.78 is 31.3. The van der Waals surface area contributed by atoms with Crippen molar-refractivity contribution in [2.24, 2.45) is 4.40 Å². The first-order valence-electron chi connectivity index (χ1n) is 8.41. The predicted octanol–water partition coefficient (Wildman–Crippen LogP) is 4.77. The Balaban J connectivity index is 3.17. The van der Waals surface area contributed by atoms with Crippen molar-refractivity contribution >= 4 is 46.8 Å². The highest BCUT2D eigenvalue weighted by molar-refractivity contribution is 9.10. The smallest absolute Gasteiger partial charge is 0.144 e. The summed E-state index contributed by atoms with van der Waals surface area (Å²) in [6, 6.07) is 4.88. The molecule has 0 saturated carbocycles. The normalized spacial score (nSPS) is 14.4. The number of aromatic nitrogens is 1. The van der Waals surface area contributed by atoms with Gasteiger partial charge in [0.25, 0.3) is 0 Å². The minimum Gasteiger partial charge on any atom is -0.591 e. The van der Waals surface area contributed by atoms with Crippen molar-refractivity contribution in [1.82, 2.24) is 4.98 Å². The Kier molecular flexibility index (Phi) is 8.10. The fourth-order valence-electron chi connectivity index (χ4n) is 2.74. The Morgan fingerprint density at radius 3 is 2.29 bits per heavy atom. The lowest BCUT2D eigenvalue weighted by Gasteiger charge is -2.29. The summed E-state index contributed by atoms with van der Waals surface area (Å²) in [6.45, 7) is 12.0. The van der Waals surface area contributed by atoms with Gasteiger partial charge in [0.2, 0.25) is 0 Å². The maximum atomic E-state index is 15.1. The fourth-order valence-corrected chi connectivity index (χ4v) is 7.62. The van der Waals surface area contributed by atoms with Gasteiger partial charge in [-0.05, 0) is 48.0 Å². The van der Waals surface area contributed by atoms with E-state index in [2.05, 4.69) is 46.1 Å². The first kappa shape index (κ1) is 21.8. The molecule has 0 unspecified atom stereocenters. The molecule has 3 nitrogen and oxygen atoms in total. The Labute approximate surface area is 158 Å². The van der Waals surface area contributed by atoms with Crippen LogP contribution in [0.25, 0.3) is 0 Å². The van der Waals surface area contributed by atoms with Crippen LogP contribution in [0.5, 0.6) is 0 Å². The molecule has 0 aliphatic rings. The van der Waals surface area contributed by atoms with Crippen molar-refractivity contribution in [3.05, 3.63) is 22.2 Å². The number of halogens is 2. The van der Waals surface area contributed by atoms with Gasteiger partial charge in [0, 0.05) is 6.42 Å². The van der Waals surface area contributed by atoms with Crippen LogP contribution in [0, 0.1) is 5.82 Å². The predicted molar refractivity (Wildman–Crippen MR) is 109 cm³/mol. The van der Waals surface area contributed by atoms with E-state index in [0.29, 0.717) is 10.3 Å².